The van der Waals surface area contributed by atoms with E-state index >= 15 is 0 Å². The van der Waals surface area contributed by atoms with Gasteiger partial charge in [-0.25, -0.2) is 0 Å². The molecule has 1 amide bonds. The Kier molecular flexibility index (Phi) is 6.13. The van der Waals surface area contributed by atoms with Gasteiger partial charge in [-0.3, -0.25) is 4.79 Å². The normalized spacial score (nSPS) is 33.9. The van der Waals surface area contributed by atoms with Gasteiger partial charge in [-0.15, -0.1) is 12.4 Å². The van der Waals surface area contributed by atoms with E-state index in [2.05, 4.69) is 33.0 Å². The lowest BCUT2D eigenvalue weighted by Crippen LogP contribution is -2.76. The van der Waals surface area contributed by atoms with Crippen LogP contribution in [0.5, 0.6) is 0 Å². The van der Waals surface area contributed by atoms with Gasteiger partial charge in [-0.1, -0.05) is 41.5 Å². The maximum atomic E-state index is 12.9. The van der Waals surface area contributed by atoms with Crippen LogP contribution in [-0.4, -0.2) is 30.2 Å². The summed E-state index contributed by atoms with van der Waals surface area (Å²) in [5, 5.41) is 3.27. The Morgan fingerprint density at radius 1 is 1.08 bits per heavy atom. The second-order valence-corrected chi connectivity index (χ2v) is 9.92. The molecule has 0 aromatic carbocycles. The molecule has 4 nitrogen and oxygen atoms in total. The summed E-state index contributed by atoms with van der Waals surface area (Å²) in [4.78, 5) is 12.9. The molecule has 2 unspecified atom stereocenters. The monoisotopic (exact) mass is 360 g/mol. The van der Waals surface area contributed by atoms with Crippen molar-refractivity contribution in [2.75, 3.05) is 6.61 Å². The molecule has 0 aliphatic heterocycles. The van der Waals surface area contributed by atoms with Crippen LogP contribution in [0.2, 0.25) is 0 Å². The Bertz CT molecular complexity index is 460. The van der Waals surface area contributed by atoms with Crippen LogP contribution < -0.4 is 11.1 Å². The van der Waals surface area contributed by atoms with Crippen molar-refractivity contribution in [3.63, 3.8) is 0 Å². The minimum atomic E-state index is -0.821. The summed E-state index contributed by atoms with van der Waals surface area (Å²) in [7, 11) is 0. The van der Waals surface area contributed by atoms with Gasteiger partial charge in [0, 0.05) is 24.5 Å². The lowest BCUT2D eigenvalue weighted by atomic mass is 9.54. The van der Waals surface area contributed by atoms with Crippen LogP contribution in [0.3, 0.4) is 0 Å². The van der Waals surface area contributed by atoms with Gasteiger partial charge in [-0.05, 0) is 37.0 Å². The van der Waals surface area contributed by atoms with E-state index in [1.807, 2.05) is 20.8 Å². The van der Waals surface area contributed by atoms with Crippen LogP contribution in [0.15, 0.2) is 0 Å². The van der Waals surface area contributed by atoms with Gasteiger partial charge < -0.3 is 15.8 Å². The first-order valence-corrected chi connectivity index (χ1v) is 9.04. The van der Waals surface area contributed by atoms with E-state index < -0.39 is 5.54 Å². The molecule has 3 N–H and O–H groups in total. The highest BCUT2D eigenvalue weighted by atomic mass is 35.5. The number of rotatable bonds is 4. The van der Waals surface area contributed by atoms with Gasteiger partial charge >= 0.3 is 0 Å². The number of hydrogen-bond acceptors (Lipinski definition) is 3. The average Bonchev–Trinajstić information content (AvgIpc) is 2.34. The number of hydrogen-bond donors (Lipinski definition) is 2. The minimum Gasteiger partial charge on any atom is -0.378 e. The Labute approximate surface area is 154 Å². The van der Waals surface area contributed by atoms with E-state index in [0.29, 0.717) is 13.0 Å². The van der Waals surface area contributed by atoms with Crippen molar-refractivity contribution in [3.8, 4) is 0 Å². The van der Waals surface area contributed by atoms with Gasteiger partial charge in [-0.2, -0.15) is 0 Å². The van der Waals surface area contributed by atoms with Crippen LogP contribution in [0, 0.1) is 16.2 Å². The lowest BCUT2D eigenvalue weighted by Gasteiger charge is -2.58. The third-order valence-corrected chi connectivity index (χ3v) is 6.13. The van der Waals surface area contributed by atoms with E-state index in [-0.39, 0.29) is 46.7 Å². The largest absolute Gasteiger partial charge is 0.378 e. The molecule has 24 heavy (non-hydrogen) atoms. The second-order valence-electron chi connectivity index (χ2n) is 9.92. The zero-order valence-electron chi connectivity index (χ0n) is 16.5. The summed E-state index contributed by atoms with van der Waals surface area (Å²) in [6.45, 7) is 15.9. The molecule has 2 aliphatic carbocycles. The zero-order valence-corrected chi connectivity index (χ0v) is 17.3. The number of halogens is 1. The zero-order chi connectivity index (χ0) is 17.7. The first-order valence-electron chi connectivity index (χ1n) is 9.04. The molecule has 0 aromatic rings. The van der Waals surface area contributed by atoms with Crippen molar-refractivity contribution < 1.29 is 9.53 Å². The highest BCUT2D eigenvalue weighted by Crippen LogP contribution is 2.50. The Hall–Kier alpha value is -0.320. The van der Waals surface area contributed by atoms with E-state index in [4.69, 9.17) is 10.5 Å². The van der Waals surface area contributed by atoms with Gasteiger partial charge in [0.25, 0.3) is 0 Å². The van der Waals surface area contributed by atoms with E-state index in [9.17, 15) is 4.79 Å². The molecule has 2 aliphatic rings. The molecule has 0 heterocycles. The van der Waals surface area contributed by atoms with Crippen molar-refractivity contribution in [1.29, 1.82) is 0 Å². The summed E-state index contributed by atoms with van der Waals surface area (Å²) < 4.78 is 5.73. The van der Waals surface area contributed by atoms with Crippen LogP contribution in [-0.2, 0) is 9.53 Å². The molecule has 2 fully saturated rings. The highest BCUT2D eigenvalue weighted by molar-refractivity contribution is 5.89. The molecule has 5 heteroatoms. The topological polar surface area (TPSA) is 64.3 Å². The molecular weight excluding hydrogens is 324 g/mol. The van der Waals surface area contributed by atoms with Crippen molar-refractivity contribution in [2.45, 2.75) is 91.8 Å². The quantitative estimate of drug-likeness (QED) is 0.804. The fourth-order valence-corrected chi connectivity index (χ4v) is 5.08. The molecule has 0 aromatic heterocycles. The van der Waals surface area contributed by atoms with E-state index in [0.717, 1.165) is 12.8 Å². The van der Waals surface area contributed by atoms with Gasteiger partial charge in [0.1, 0.15) is 5.54 Å². The van der Waals surface area contributed by atoms with Gasteiger partial charge in [0.05, 0.1) is 6.10 Å². The molecule has 2 atom stereocenters. The first-order chi connectivity index (χ1) is 10.3. The fourth-order valence-electron chi connectivity index (χ4n) is 5.08. The number of nitrogens with two attached hydrogens (primary N) is 1. The molecule has 0 radical (unpaired) electrons. The van der Waals surface area contributed by atoms with Crippen molar-refractivity contribution in [2.24, 2.45) is 22.0 Å². The third-order valence-electron chi connectivity index (χ3n) is 6.13. The Morgan fingerprint density at radius 2 is 1.58 bits per heavy atom. The molecule has 2 rings (SSSR count). The molecule has 0 saturated heterocycles. The van der Waals surface area contributed by atoms with Crippen LogP contribution >= 0.6 is 12.4 Å². The number of ether oxygens (including phenoxy) is 1. The van der Waals surface area contributed by atoms with E-state index in [1.165, 1.54) is 6.42 Å². The second kappa shape index (κ2) is 6.77. The molecular formula is C19H37ClN2O2. The predicted molar refractivity (Wildman–Crippen MR) is 101 cm³/mol. The summed E-state index contributed by atoms with van der Waals surface area (Å²) >= 11 is 0. The standard InChI is InChI=1S/C19H36N2O2.ClH/c1-8-23-14-11-19(20,18(14,6)7)15(22)21-13-9-16(2,3)12-17(4,5)10-13;/h13-14H,8-12,20H2,1-7H3,(H,21,22);1H. The number of amides is 1. The number of carbonyl (C=O) groups excluding carboxylic acids is 1. The van der Waals surface area contributed by atoms with E-state index in [1.54, 1.807) is 0 Å². The lowest BCUT2D eigenvalue weighted by molar-refractivity contribution is -0.171. The SMILES string of the molecule is CCOC1CC(N)(C(=O)NC2CC(C)(C)CC(C)(C)C2)C1(C)C.Cl. The van der Waals surface area contributed by atoms with Gasteiger partial charge in [0.2, 0.25) is 5.91 Å². The van der Waals surface area contributed by atoms with Crippen LogP contribution in [0.1, 0.15) is 74.1 Å². The minimum absolute atomic E-state index is 0. The molecule has 0 bridgehead atoms. The number of nitrogens with one attached hydrogen (secondary N) is 1. The summed E-state index contributed by atoms with van der Waals surface area (Å²) in [5.74, 6) is -0.00282. The van der Waals surface area contributed by atoms with Crippen molar-refractivity contribution in [1.82, 2.24) is 5.32 Å². The predicted octanol–water partition coefficient (Wildman–Crippen LogP) is 3.66. The first kappa shape index (κ1) is 21.7. The average molecular weight is 361 g/mol. The van der Waals surface area contributed by atoms with Crippen LogP contribution in [0.25, 0.3) is 0 Å². The summed E-state index contributed by atoms with van der Waals surface area (Å²) in [6, 6.07) is 0.212. The van der Waals surface area contributed by atoms with Crippen LogP contribution in [0.4, 0.5) is 0 Å². The Balaban J connectivity index is 0.00000288. The van der Waals surface area contributed by atoms with Gasteiger partial charge in [0.15, 0.2) is 0 Å². The fraction of sp³-hybridized carbons (Fsp3) is 0.947. The molecule has 2 saturated carbocycles. The smallest absolute Gasteiger partial charge is 0.241 e. The maximum Gasteiger partial charge on any atom is 0.241 e. The summed E-state index contributed by atoms with van der Waals surface area (Å²) in [5.41, 5.74) is 5.87. The Morgan fingerprint density at radius 3 is 2.00 bits per heavy atom. The van der Waals surface area contributed by atoms with Crippen molar-refractivity contribution in [3.05, 3.63) is 0 Å². The maximum absolute atomic E-state index is 12.9. The molecule has 0 spiro atoms. The molecule has 142 valence electrons. The van der Waals surface area contributed by atoms with Crippen molar-refractivity contribution >= 4 is 18.3 Å². The third kappa shape index (κ3) is 3.91. The highest BCUT2D eigenvalue weighted by Gasteiger charge is 2.63. The number of carbonyl (C=O) groups is 1. The summed E-state index contributed by atoms with van der Waals surface area (Å²) in [6.07, 6.45) is 3.92.